The van der Waals surface area contributed by atoms with E-state index in [4.69, 9.17) is 4.74 Å². The number of benzene rings is 1. The Bertz CT molecular complexity index is 230. The molecule has 0 aliphatic heterocycles. The van der Waals surface area contributed by atoms with Gasteiger partial charge in [-0.1, -0.05) is 18.2 Å². The highest BCUT2D eigenvalue weighted by molar-refractivity contribution is 5.70. The van der Waals surface area contributed by atoms with Crippen molar-refractivity contribution >= 4 is 5.91 Å². The summed E-state index contributed by atoms with van der Waals surface area (Å²) in [4.78, 5) is 9.22. The quantitative estimate of drug-likeness (QED) is 0.753. The van der Waals surface area contributed by atoms with Crippen molar-refractivity contribution in [3.05, 3.63) is 30.3 Å². The first-order chi connectivity index (χ1) is 6.16. The fourth-order valence-corrected chi connectivity index (χ4v) is 0.683. The number of para-hydroxylation sites is 1. The topological polar surface area (TPSA) is 52.3 Å². The van der Waals surface area contributed by atoms with Gasteiger partial charge >= 0.3 is 0 Å². The summed E-state index contributed by atoms with van der Waals surface area (Å²) in [6.45, 7) is 4.02. The smallest absolute Gasteiger partial charge is 0.214 e. The zero-order chi connectivity index (χ0) is 10.1. The van der Waals surface area contributed by atoms with Crippen LogP contribution in [-0.4, -0.2) is 12.5 Å². The largest absolute Gasteiger partial charge is 0.494 e. The van der Waals surface area contributed by atoms with Crippen LogP contribution in [0, 0.1) is 0 Å². The van der Waals surface area contributed by atoms with E-state index in [0.29, 0.717) is 0 Å². The Morgan fingerprint density at radius 3 is 2.23 bits per heavy atom. The fraction of sp³-hybridized carbons (Fsp3) is 0.300. The van der Waals surface area contributed by atoms with Crippen molar-refractivity contribution in [1.29, 1.82) is 0 Å². The minimum absolute atomic E-state index is 0.333. The Labute approximate surface area is 78.5 Å². The van der Waals surface area contributed by atoms with Gasteiger partial charge in [-0.25, -0.2) is 0 Å². The molecule has 1 aromatic rings. The third-order valence-electron chi connectivity index (χ3n) is 1.05. The van der Waals surface area contributed by atoms with Crippen LogP contribution in [0.3, 0.4) is 0 Å². The summed E-state index contributed by atoms with van der Waals surface area (Å²) in [5.41, 5.74) is 4.47. The molecule has 0 fully saturated rings. The summed E-state index contributed by atoms with van der Waals surface area (Å²) in [5.74, 6) is 0.611. The number of hydrogen-bond donors (Lipinski definition) is 1. The maximum atomic E-state index is 9.22. The molecule has 0 saturated carbocycles. The van der Waals surface area contributed by atoms with Crippen LogP contribution in [0.1, 0.15) is 13.8 Å². The third-order valence-corrected chi connectivity index (χ3v) is 1.05. The number of hydrogen-bond acceptors (Lipinski definition) is 2. The highest BCUT2D eigenvalue weighted by Gasteiger charge is 1.83. The summed E-state index contributed by atoms with van der Waals surface area (Å²) in [6, 6.07) is 9.80. The highest BCUT2D eigenvalue weighted by Crippen LogP contribution is 2.06. The molecule has 13 heavy (non-hydrogen) atoms. The van der Waals surface area contributed by atoms with Crippen LogP contribution >= 0.6 is 0 Å². The molecular weight excluding hydrogens is 166 g/mol. The van der Waals surface area contributed by atoms with E-state index in [9.17, 15) is 4.79 Å². The second kappa shape index (κ2) is 7.16. The lowest BCUT2D eigenvalue weighted by Crippen LogP contribution is -2.01. The number of carbonyl (C=O) groups is 1. The first-order valence-electron chi connectivity index (χ1n) is 4.10. The summed E-state index contributed by atoms with van der Waals surface area (Å²) in [7, 11) is 0. The maximum Gasteiger partial charge on any atom is 0.214 e. The van der Waals surface area contributed by atoms with Crippen molar-refractivity contribution in [2.45, 2.75) is 13.8 Å². The van der Waals surface area contributed by atoms with Crippen molar-refractivity contribution < 1.29 is 9.53 Å². The third kappa shape index (κ3) is 8.40. The molecule has 72 valence electrons. The van der Waals surface area contributed by atoms with Gasteiger partial charge in [0.1, 0.15) is 5.75 Å². The van der Waals surface area contributed by atoms with Crippen LogP contribution in [0.4, 0.5) is 0 Å². The first kappa shape index (κ1) is 11.5. The summed E-state index contributed by atoms with van der Waals surface area (Å²) >= 11 is 0. The van der Waals surface area contributed by atoms with Gasteiger partial charge < -0.3 is 10.5 Å². The molecule has 3 heteroatoms. The SMILES string of the molecule is CC(N)=O.CCOc1ccccc1. The molecule has 1 aromatic carbocycles. The molecule has 3 nitrogen and oxygen atoms in total. The number of nitrogens with two attached hydrogens (primary N) is 1. The number of primary amides is 1. The number of carbonyl (C=O) groups excluding carboxylic acids is 1. The standard InChI is InChI=1S/C8H10O.C2H5NO/c1-2-9-8-6-4-3-5-7-8;1-2(3)4/h3-7H,2H2,1H3;1H3,(H2,3,4). The molecule has 0 atom stereocenters. The average Bonchev–Trinajstić information content (AvgIpc) is 2.06. The molecule has 0 aliphatic carbocycles. The lowest BCUT2D eigenvalue weighted by molar-refractivity contribution is -0.115. The second-order valence-electron chi connectivity index (χ2n) is 2.36. The Kier molecular flexibility index (Phi) is 6.32. The molecule has 0 saturated heterocycles. The van der Waals surface area contributed by atoms with Crippen molar-refractivity contribution in [1.82, 2.24) is 0 Å². The summed E-state index contributed by atoms with van der Waals surface area (Å²) in [6.07, 6.45) is 0. The van der Waals surface area contributed by atoms with E-state index in [1.807, 2.05) is 37.3 Å². The van der Waals surface area contributed by atoms with Gasteiger partial charge in [-0.3, -0.25) is 4.79 Å². The Morgan fingerprint density at radius 2 is 1.85 bits per heavy atom. The van der Waals surface area contributed by atoms with Gasteiger partial charge in [0, 0.05) is 6.92 Å². The average molecular weight is 181 g/mol. The van der Waals surface area contributed by atoms with Gasteiger partial charge in [0.2, 0.25) is 5.91 Å². The Morgan fingerprint density at radius 1 is 1.38 bits per heavy atom. The summed E-state index contributed by atoms with van der Waals surface area (Å²) < 4.78 is 5.21. The normalized spacial score (nSPS) is 8.15. The van der Waals surface area contributed by atoms with E-state index in [-0.39, 0.29) is 5.91 Å². The van der Waals surface area contributed by atoms with Crippen molar-refractivity contribution in [2.75, 3.05) is 6.61 Å². The highest BCUT2D eigenvalue weighted by atomic mass is 16.5. The van der Waals surface area contributed by atoms with Crippen LogP contribution in [0.25, 0.3) is 0 Å². The van der Waals surface area contributed by atoms with E-state index >= 15 is 0 Å². The Hall–Kier alpha value is -1.51. The number of ether oxygens (including phenoxy) is 1. The lowest BCUT2D eigenvalue weighted by Gasteiger charge is -1.99. The monoisotopic (exact) mass is 181 g/mol. The second-order valence-corrected chi connectivity index (χ2v) is 2.36. The number of amides is 1. The van der Waals surface area contributed by atoms with Crippen LogP contribution in [-0.2, 0) is 4.79 Å². The van der Waals surface area contributed by atoms with Gasteiger partial charge in [-0.2, -0.15) is 0 Å². The van der Waals surface area contributed by atoms with Crippen LogP contribution in [0.5, 0.6) is 5.75 Å². The van der Waals surface area contributed by atoms with Crippen molar-refractivity contribution in [2.24, 2.45) is 5.73 Å². The molecule has 2 N–H and O–H groups in total. The van der Waals surface area contributed by atoms with Gasteiger partial charge in [0.25, 0.3) is 0 Å². The minimum Gasteiger partial charge on any atom is -0.494 e. The van der Waals surface area contributed by atoms with Crippen LogP contribution in [0.15, 0.2) is 30.3 Å². The molecule has 0 bridgehead atoms. The van der Waals surface area contributed by atoms with E-state index in [1.165, 1.54) is 6.92 Å². The molecular formula is C10H15NO2. The van der Waals surface area contributed by atoms with Crippen LogP contribution in [0.2, 0.25) is 0 Å². The van der Waals surface area contributed by atoms with Crippen LogP contribution < -0.4 is 10.5 Å². The maximum absolute atomic E-state index is 9.22. The molecule has 0 heterocycles. The number of rotatable bonds is 2. The van der Waals surface area contributed by atoms with Crippen molar-refractivity contribution in [3.8, 4) is 5.75 Å². The molecule has 0 unspecified atom stereocenters. The van der Waals surface area contributed by atoms with E-state index in [0.717, 1.165) is 12.4 Å². The van der Waals surface area contributed by atoms with Gasteiger partial charge in [-0.15, -0.1) is 0 Å². The molecule has 1 amide bonds. The van der Waals surface area contributed by atoms with Gasteiger partial charge in [0.05, 0.1) is 6.61 Å². The van der Waals surface area contributed by atoms with Crippen molar-refractivity contribution in [3.63, 3.8) is 0 Å². The van der Waals surface area contributed by atoms with E-state index in [1.54, 1.807) is 0 Å². The molecule has 0 aliphatic rings. The molecule has 0 spiro atoms. The zero-order valence-corrected chi connectivity index (χ0v) is 7.99. The van der Waals surface area contributed by atoms with Gasteiger partial charge in [-0.05, 0) is 19.1 Å². The predicted molar refractivity (Wildman–Crippen MR) is 52.5 cm³/mol. The van der Waals surface area contributed by atoms with E-state index in [2.05, 4.69) is 5.73 Å². The predicted octanol–water partition coefficient (Wildman–Crippen LogP) is 1.58. The lowest BCUT2D eigenvalue weighted by atomic mass is 10.3. The van der Waals surface area contributed by atoms with E-state index < -0.39 is 0 Å². The minimum atomic E-state index is -0.333. The first-order valence-corrected chi connectivity index (χ1v) is 4.10. The Balaban J connectivity index is 0.000000310. The van der Waals surface area contributed by atoms with Gasteiger partial charge in [0.15, 0.2) is 0 Å². The fourth-order valence-electron chi connectivity index (χ4n) is 0.683. The molecule has 0 aromatic heterocycles. The molecule has 1 rings (SSSR count). The molecule has 0 radical (unpaired) electrons. The zero-order valence-electron chi connectivity index (χ0n) is 7.99. The summed E-state index contributed by atoms with van der Waals surface area (Å²) in [5, 5.41) is 0.